The third-order valence-electron chi connectivity index (χ3n) is 3.21. The summed E-state index contributed by atoms with van der Waals surface area (Å²) >= 11 is 0. The molecule has 1 heterocycles. The molecule has 0 saturated carbocycles. The van der Waals surface area contributed by atoms with Gasteiger partial charge in [0, 0.05) is 10.9 Å². The number of Topliss-reactive ketones (excluding diaryl/α,β-unsaturated/α-hetero) is 1. The first-order valence-corrected chi connectivity index (χ1v) is 6.17. The number of rotatable bonds is 3. The zero-order chi connectivity index (χ0) is 14.1. The maximum atomic E-state index is 12.9. The first-order valence-electron chi connectivity index (χ1n) is 6.17. The fourth-order valence-corrected chi connectivity index (χ4v) is 2.33. The molecule has 3 aromatic rings. The van der Waals surface area contributed by atoms with Gasteiger partial charge in [0.25, 0.3) is 0 Å². The quantitative estimate of drug-likeness (QED) is 0.708. The number of alkyl halides is 2. The van der Waals surface area contributed by atoms with Crippen molar-refractivity contribution in [3.63, 3.8) is 0 Å². The van der Waals surface area contributed by atoms with Crippen molar-refractivity contribution >= 4 is 16.7 Å². The molecule has 0 radical (unpaired) electrons. The number of carbonyl (C=O) groups excluding carboxylic acids is 1. The van der Waals surface area contributed by atoms with Gasteiger partial charge in [-0.1, -0.05) is 48.5 Å². The van der Waals surface area contributed by atoms with E-state index in [2.05, 4.69) is 4.98 Å². The molecule has 1 N–H and O–H groups in total. The zero-order valence-electron chi connectivity index (χ0n) is 10.4. The lowest BCUT2D eigenvalue weighted by atomic mass is 10.0. The second kappa shape index (κ2) is 4.89. The first kappa shape index (κ1) is 12.5. The number of aromatic amines is 1. The van der Waals surface area contributed by atoms with Gasteiger partial charge >= 0.3 is 6.43 Å². The Hall–Kier alpha value is -2.49. The predicted octanol–water partition coefficient (Wildman–Crippen LogP) is 4.28. The Labute approximate surface area is 114 Å². The summed E-state index contributed by atoms with van der Waals surface area (Å²) in [5.74, 6) is -1.15. The average Bonchev–Trinajstić information content (AvgIpc) is 2.86. The van der Waals surface area contributed by atoms with Crippen LogP contribution in [0.4, 0.5) is 8.78 Å². The highest BCUT2D eigenvalue weighted by molar-refractivity contribution is 6.14. The van der Waals surface area contributed by atoms with Crippen LogP contribution < -0.4 is 0 Å². The van der Waals surface area contributed by atoms with Crippen molar-refractivity contribution in [2.75, 3.05) is 0 Å². The van der Waals surface area contributed by atoms with E-state index in [9.17, 15) is 13.6 Å². The number of halogens is 2. The molecule has 0 aliphatic carbocycles. The number of carbonyl (C=O) groups is 1. The van der Waals surface area contributed by atoms with Crippen LogP contribution >= 0.6 is 0 Å². The van der Waals surface area contributed by atoms with E-state index in [1.807, 2.05) is 6.07 Å². The molecule has 0 fully saturated rings. The largest absolute Gasteiger partial charge is 0.354 e. The summed E-state index contributed by atoms with van der Waals surface area (Å²) in [5.41, 5.74) is 1.89. The number of hydrogen-bond acceptors (Lipinski definition) is 1. The molecule has 20 heavy (non-hydrogen) atoms. The van der Waals surface area contributed by atoms with Crippen LogP contribution in [0.25, 0.3) is 22.2 Å². The lowest BCUT2D eigenvalue weighted by molar-refractivity contribution is 0.0681. The number of para-hydroxylation sites is 1. The fourth-order valence-electron chi connectivity index (χ4n) is 2.33. The van der Waals surface area contributed by atoms with Gasteiger partial charge < -0.3 is 4.98 Å². The lowest BCUT2D eigenvalue weighted by Gasteiger charge is -2.03. The summed E-state index contributed by atoms with van der Waals surface area (Å²) in [5, 5.41) is 0.525. The molecule has 4 heteroatoms. The van der Waals surface area contributed by atoms with Crippen LogP contribution in [-0.2, 0) is 0 Å². The molecule has 0 atom stereocenters. The molecule has 0 spiro atoms. The highest BCUT2D eigenvalue weighted by atomic mass is 19.3. The van der Waals surface area contributed by atoms with Gasteiger partial charge in [-0.25, -0.2) is 8.78 Å². The standard InChI is InChI=1S/C16H11F2NO/c17-16(18)15(20)13-11-8-4-5-9-12(11)19-14(13)10-6-2-1-3-7-10/h1-9,16,19H. The molecule has 0 amide bonds. The van der Waals surface area contributed by atoms with Crippen LogP contribution in [-0.4, -0.2) is 17.2 Å². The topological polar surface area (TPSA) is 32.9 Å². The number of H-pyrrole nitrogens is 1. The molecule has 2 aromatic carbocycles. The molecule has 0 unspecified atom stereocenters. The molecule has 1 aromatic heterocycles. The van der Waals surface area contributed by atoms with E-state index in [1.54, 1.807) is 48.5 Å². The van der Waals surface area contributed by atoms with E-state index >= 15 is 0 Å². The number of ketones is 1. The summed E-state index contributed by atoms with van der Waals surface area (Å²) in [6.45, 7) is 0. The van der Waals surface area contributed by atoms with Gasteiger partial charge in [0.15, 0.2) is 0 Å². The van der Waals surface area contributed by atoms with Crippen molar-refractivity contribution in [2.45, 2.75) is 6.43 Å². The van der Waals surface area contributed by atoms with Crippen molar-refractivity contribution in [1.82, 2.24) is 4.98 Å². The predicted molar refractivity (Wildman–Crippen MR) is 74.1 cm³/mol. The number of hydrogen-bond donors (Lipinski definition) is 1. The van der Waals surface area contributed by atoms with Gasteiger partial charge in [0.1, 0.15) is 0 Å². The molecule has 0 saturated heterocycles. The molecule has 0 aliphatic rings. The molecular formula is C16H11F2NO. The highest BCUT2D eigenvalue weighted by Gasteiger charge is 2.25. The van der Waals surface area contributed by atoms with Gasteiger partial charge in [-0.05, 0) is 11.6 Å². The van der Waals surface area contributed by atoms with E-state index in [1.165, 1.54) is 0 Å². The van der Waals surface area contributed by atoms with Gasteiger partial charge in [-0.2, -0.15) is 0 Å². The summed E-state index contributed by atoms with van der Waals surface area (Å²) in [4.78, 5) is 14.9. The smallest absolute Gasteiger partial charge is 0.300 e. The van der Waals surface area contributed by atoms with Crippen LogP contribution in [0.1, 0.15) is 10.4 Å². The monoisotopic (exact) mass is 271 g/mol. The molecule has 3 rings (SSSR count). The van der Waals surface area contributed by atoms with Gasteiger partial charge in [-0.15, -0.1) is 0 Å². The second-order valence-corrected chi connectivity index (χ2v) is 4.45. The van der Waals surface area contributed by atoms with Crippen molar-refractivity contribution < 1.29 is 13.6 Å². The maximum absolute atomic E-state index is 12.9. The Bertz CT molecular complexity index is 763. The van der Waals surface area contributed by atoms with Gasteiger partial charge in [-0.3, -0.25) is 4.79 Å². The van der Waals surface area contributed by atoms with Crippen molar-refractivity contribution in [3.8, 4) is 11.3 Å². The number of fused-ring (bicyclic) bond motifs is 1. The van der Waals surface area contributed by atoms with Crippen molar-refractivity contribution in [2.24, 2.45) is 0 Å². The highest BCUT2D eigenvalue weighted by Crippen LogP contribution is 2.31. The van der Waals surface area contributed by atoms with Gasteiger partial charge in [0.2, 0.25) is 5.78 Å². The summed E-state index contributed by atoms with van der Waals surface area (Å²) in [6, 6.07) is 16.0. The zero-order valence-corrected chi connectivity index (χ0v) is 10.4. The molecule has 0 bridgehead atoms. The minimum absolute atomic E-state index is 0.0572. The third-order valence-corrected chi connectivity index (χ3v) is 3.21. The van der Waals surface area contributed by atoms with Gasteiger partial charge in [0.05, 0.1) is 11.3 Å². The molecule has 0 aliphatic heterocycles. The lowest BCUT2D eigenvalue weighted by Crippen LogP contribution is -2.10. The van der Waals surface area contributed by atoms with Crippen molar-refractivity contribution in [3.05, 3.63) is 60.2 Å². The Morgan fingerprint density at radius 2 is 1.60 bits per heavy atom. The minimum Gasteiger partial charge on any atom is -0.354 e. The van der Waals surface area contributed by atoms with Crippen LogP contribution in [0.3, 0.4) is 0 Å². The van der Waals surface area contributed by atoms with Crippen LogP contribution in [0.15, 0.2) is 54.6 Å². The first-order chi connectivity index (χ1) is 9.68. The van der Waals surface area contributed by atoms with Crippen LogP contribution in [0, 0.1) is 0 Å². The number of benzene rings is 2. The SMILES string of the molecule is O=C(c1c(-c2ccccc2)[nH]c2ccccc12)C(F)F. The van der Waals surface area contributed by atoms with Crippen molar-refractivity contribution in [1.29, 1.82) is 0 Å². The van der Waals surface area contributed by atoms with E-state index < -0.39 is 12.2 Å². The summed E-state index contributed by atoms with van der Waals surface area (Å²) < 4.78 is 25.7. The summed E-state index contributed by atoms with van der Waals surface area (Å²) in [7, 11) is 0. The van der Waals surface area contributed by atoms with E-state index in [4.69, 9.17) is 0 Å². The fraction of sp³-hybridized carbons (Fsp3) is 0.0625. The Morgan fingerprint density at radius 3 is 2.30 bits per heavy atom. The third kappa shape index (κ3) is 1.99. The second-order valence-electron chi connectivity index (χ2n) is 4.45. The Morgan fingerprint density at radius 1 is 0.950 bits per heavy atom. The molecule has 2 nitrogen and oxygen atoms in total. The Balaban J connectivity index is 2.31. The Kier molecular flexibility index (Phi) is 3.06. The van der Waals surface area contributed by atoms with E-state index in [0.29, 0.717) is 22.2 Å². The van der Waals surface area contributed by atoms with E-state index in [0.717, 1.165) is 0 Å². The normalized spacial score (nSPS) is 11.2. The van der Waals surface area contributed by atoms with Crippen LogP contribution in [0.2, 0.25) is 0 Å². The number of nitrogens with one attached hydrogen (secondary N) is 1. The molecular weight excluding hydrogens is 260 g/mol. The summed E-state index contributed by atoms with van der Waals surface area (Å²) in [6.07, 6.45) is -3.02. The minimum atomic E-state index is -3.02. The van der Waals surface area contributed by atoms with Crippen LogP contribution in [0.5, 0.6) is 0 Å². The molecule has 100 valence electrons. The average molecular weight is 271 g/mol. The number of aromatic nitrogens is 1. The van der Waals surface area contributed by atoms with E-state index in [-0.39, 0.29) is 5.56 Å². The maximum Gasteiger partial charge on any atom is 0.300 e.